The van der Waals surface area contributed by atoms with Gasteiger partial charge in [-0.3, -0.25) is 4.79 Å². The maximum absolute atomic E-state index is 13.1. The summed E-state index contributed by atoms with van der Waals surface area (Å²) in [5, 5.41) is 0. The molecule has 0 N–H and O–H groups in total. The Morgan fingerprint density at radius 1 is 1.09 bits per heavy atom. The van der Waals surface area contributed by atoms with Gasteiger partial charge in [0.2, 0.25) is 0 Å². The van der Waals surface area contributed by atoms with Crippen LogP contribution in [0.4, 0.5) is 5.69 Å². The molecule has 0 bridgehead atoms. The molecule has 0 saturated heterocycles. The van der Waals surface area contributed by atoms with Gasteiger partial charge in [0.1, 0.15) is 0 Å². The number of hydrogen-bond acceptors (Lipinski definition) is 1. The van der Waals surface area contributed by atoms with Gasteiger partial charge in [-0.2, -0.15) is 0 Å². The van der Waals surface area contributed by atoms with Crippen molar-refractivity contribution in [3.8, 4) is 0 Å². The summed E-state index contributed by atoms with van der Waals surface area (Å²) in [4.78, 5) is 15.1. The summed E-state index contributed by atoms with van der Waals surface area (Å²) in [5.41, 5.74) is 4.06. The molecule has 0 unspecified atom stereocenters. The normalized spacial score (nSPS) is 19.6. The van der Waals surface area contributed by atoms with Crippen molar-refractivity contribution in [1.29, 1.82) is 0 Å². The first-order chi connectivity index (χ1) is 10.4. The van der Waals surface area contributed by atoms with E-state index in [-0.39, 0.29) is 11.4 Å². The lowest BCUT2D eigenvalue weighted by Gasteiger charge is -2.46. The molecule has 2 aromatic carbocycles. The number of hydrogen-bond donors (Lipinski definition) is 0. The zero-order chi connectivity index (χ0) is 15.9. The molecule has 2 aromatic rings. The number of nitrogens with zero attached hydrogens (tertiary/aromatic N) is 1. The highest BCUT2D eigenvalue weighted by Gasteiger charge is 2.39. The van der Waals surface area contributed by atoms with Crippen molar-refractivity contribution in [2.45, 2.75) is 45.6 Å². The van der Waals surface area contributed by atoms with E-state index in [9.17, 15) is 4.79 Å². The molecule has 2 heteroatoms. The summed E-state index contributed by atoms with van der Waals surface area (Å²) in [6.07, 6.45) is 0.974. The maximum Gasteiger partial charge on any atom is 0.258 e. The van der Waals surface area contributed by atoms with Crippen LogP contribution in [0.15, 0.2) is 48.5 Å². The number of carbonyl (C=O) groups excluding carboxylic acids is 1. The topological polar surface area (TPSA) is 20.3 Å². The Bertz CT molecular complexity index is 700. The highest BCUT2D eigenvalue weighted by Crippen LogP contribution is 2.43. The van der Waals surface area contributed by atoms with E-state index in [1.807, 2.05) is 42.2 Å². The van der Waals surface area contributed by atoms with Crippen molar-refractivity contribution in [3.63, 3.8) is 0 Å². The minimum Gasteiger partial charge on any atom is -0.303 e. The van der Waals surface area contributed by atoms with Crippen LogP contribution >= 0.6 is 0 Å². The molecular formula is C20H23NO. The van der Waals surface area contributed by atoms with Gasteiger partial charge in [-0.1, -0.05) is 42.8 Å². The van der Waals surface area contributed by atoms with Crippen molar-refractivity contribution in [2.75, 3.05) is 4.90 Å². The van der Waals surface area contributed by atoms with E-state index < -0.39 is 0 Å². The van der Waals surface area contributed by atoms with Crippen LogP contribution in [0.1, 0.15) is 54.6 Å². The standard InChI is InChI=1S/C20H23NO/c1-14-9-11-16(12-10-14)19(22)21-18-8-6-5-7-17(18)15(2)13-20(21,3)4/h5-12,15H,13H2,1-4H3/t15-/m1/s1. The fraction of sp³-hybridized carbons (Fsp3) is 0.350. The molecule has 114 valence electrons. The molecule has 1 atom stereocenters. The minimum absolute atomic E-state index is 0.0874. The van der Waals surface area contributed by atoms with Crippen molar-refractivity contribution in [3.05, 3.63) is 65.2 Å². The van der Waals surface area contributed by atoms with E-state index >= 15 is 0 Å². The number of anilines is 1. The number of amides is 1. The summed E-state index contributed by atoms with van der Waals surface area (Å²) < 4.78 is 0. The molecule has 1 aliphatic heterocycles. The van der Waals surface area contributed by atoms with Crippen LogP contribution in [-0.2, 0) is 0 Å². The zero-order valence-corrected chi connectivity index (χ0v) is 13.8. The number of fused-ring (bicyclic) bond motifs is 1. The fourth-order valence-corrected chi connectivity index (χ4v) is 3.59. The van der Waals surface area contributed by atoms with Gasteiger partial charge in [-0.25, -0.2) is 0 Å². The van der Waals surface area contributed by atoms with Crippen molar-refractivity contribution < 1.29 is 4.79 Å². The Balaban J connectivity index is 2.09. The number of aryl methyl sites for hydroxylation is 1. The largest absolute Gasteiger partial charge is 0.303 e. The molecule has 0 aliphatic carbocycles. The predicted molar refractivity (Wildman–Crippen MR) is 91.5 cm³/mol. The summed E-state index contributed by atoms with van der Waals surface area (Å²) in [6.45, 7) is 8.60. The van der Waals surface area contributed by atoms with Gasteiger partial charge in [-0.05, 0) is 56.9 Å². The quantitative estimate of drug-likeness (QED) is 0.730. The van der Waals surface area contributed by atoms with Crippen LogP contribution in [0.3, 0.4) is 0 Å². The van der Waals surface area contributed by atoms with Gasteiger partial charge >= 0.3 is 0 Å². The monoisotopic (exact) mass is 293 g/mol. The minimum atomic E-state index is -0.185. The molecule has 3 rings (SSSR count). The van der Waals surface area contributed by atoms with Gasteiger partial charge in [0, 0.05) is 16.8 Å². The Kier molecular flexibility index (Phi) is 3.56. The maximum atomic E-state index is 13.1. The van der Waals surface area contributed by atoms with Crippen molar-refractivity contribution >= 4 is 11.6 Å². The van der Waals surface area contributed by atoms with E-state index in [4.69, 9.17) is 0 Å². The van der Waals surface area contributed by atoms with E-state index in [2.05, 4.69) is 39.0 Å². The second-order valence-corrected chi connectivity index (χ2v) is 6.98. The summed E-state index contributed by atoms with van der Waals surface area (Å²) in [5.74, 6) is 0.553. The van der Waals surface area contributed by atoms with Crippen LogP contribution in [0, 0.1) is 6.92 Å². The van der Waals surface area contributed by atoms with Crippen LogP contribution < -0.4 is 4.90 Å². The molecule has 0 fully saturated rings. The molecule has 22 heavy (non-hydrogen) atoms. The molecule has 1 heterocycles. The molecule has 0 radical (unpaired) electrons. The Morgan fingerprint density at radius 2 is 1.73 bits per heavy atom. The second kappa shape index (κ2) is 5.28. The summed E-state index contributed by atoms with van der Waals surface area (Å²) in [7, 11) is 0. The number of rotatable bonds is 1. The van der Waals surface area contributed by atoms with Crippen molar-refractivity contribution in [2.24, 2.45) is 0 Å². The molecule has 0 spiro atoms. The third-order valence-electron chi connectivity index (χ3n) is 4.62. The van der Waals surface area contributed by atoms with Crippen LogP contribution in [0.5, 0.6) is 0 Å². The molecule has 2 nitrogen and oxygen atoms in total. The molecular weight excluding hydrogens is 270 g/mol. The first kappa shape index (κ1) is 14.8. The Labute approximate surface area is 132 Å². The lowest BCUT2D eigenvalue weighted by Crippen LogP contribution is -2.51. The number of para-hydroxylation sites is 1. The highest BCUT2D eigenvalue weighted by molar-refractivity contribution is 6.07. The smallest absolute Gasteiger partial charge is 0.258 e. The van der Waals surface area contributed by atoms with Gasteiger partial charge < -0.3 is 4.90 Å². The Morgan fingerprint density at radius 3 is 2.41 bits per heavy atom. The summed E-state index contributed by atoms with van der Waals surface area (Å²) in [6, 6.07) is 16.1. The van der Waals surface area contributed by atoms with Crippen LogP contribution in [-0.4, -0.2) is 11.4 Å². The lowest BCUT2D eigenvalue weighted by atomic mass is 9.79. The first-order valence-electron chi connectivity index (χ1n) is 7.90. The van der Waals surface area contributed by atoms with Gasteiger partial charge in [0.05, 0.1) is 0 Å². The molecule has 1 amide bonds. The molecule has 0 saturated carbocycles. The molecule has 1 aliphatic rings. The predicted octanol–water partition coefficient (Wildman–Crippen LogP) is 4.93. The zero-order valence-electron chi connectivity index (χ0n) is 13.8. The number of carbonyl (C=O) groups is 1. The lowest BCUT2D eigenvalue weighted by molar-refractivity contribution is 0.0954. The van der Waals surface area contributed by atoms with Crippen LogP contribution in [0.25, 0.3) is 0 Å². The fourth-order valence-electron chi connectivity index (χ4n) is 3.59. The van der Waals surface area contributed by atoms with E-state index in [0.29, 0.717) is 5.92 Å². The highest BCUT2D eigenvalue weighted by atomic mass is 16.2. The van der Waals surface area contributed by atoms with E-state index in [1.165, 1.54) is 11.1 Å². The average Bonchev–Trinajstić information content (AvgIpc) is 2.47. The third-order valence-corrected chi connectivity index (χ3v) is 4.62. The Hall–Kier alpha value is -2.09. The second-order valence-electron chi connectivity index (χ2n) is 6.98. The SMILES string of the molecule is Cc1ccc(C(=O)N2c3ccccc3[C@H](C)CC2(C)C)cc1. The number of benzene rings is 2. The van der Waals surface area contributed by atoms with Gasteiger partial charge in [-0.15, -0.1) is 0 Å². The first-order valence-corrected chi connectivity index (χ1v) is 7.90. The van der Waals surface area contributed by atoms with Gasteiger partial charge in [0.25, 0.3) is 5.91 Å². The summed E-state index contributed by atoms with van der Waals surface area (Å²) >= 11 is 0. The molecule has 0 aromatic heterocycles. The van der Waals surface area contributed by atoms with E-state index in [0.717, 1.165) is 17.7 Å². The average molecular weight is 293 g/mol. The van der Waals surface area contributed by atoms with Crippen molar-refractivity contribution in [1.82, 2.24) is 0 Å². The third kappa shape index (κ3) is 2.43. The van der Waals surface area contributed by atoms with Gasteiger partial charge in [0.15, 0.2) is 0 Å². The van der Waals surface area contributed by atoms with E-state index in [1.54, 1.807) is 0 Å². The van der Waals surface area contributed by atoms with Crippen LogP contribution in [0.2, 0.25) is 0 Å².